The number of benzene rings is 2. The summed E-state index contributed by atoms with van der Waals surface area (Å²) >= 11 is 0. The lowest BCUT2D eigenvalue weighted by Crippen LogP contribution is -2.26. The van der Waals surface area contributed by atoms with Gasteiger partial charge < -0.3 is 10.6 Å². The van der Waals surface area contributed by atoms with Gasteiger partial charge in [0.2, 0.25) is 11.9 Å². The normalized spacial score (nSPS) is 14.7. The molecule has 0 spiro atoms. The quantitative estimate of drug-likeness (QED) is 0.458. The third-order valence-corrected chi connectivity index (χ3v) is 6.04. The van der Waals surface area contributed by atoms with Crippen molar-refractivity contribution >= 4 is 39.8 Å². The fraction of sp³-hybridized carbons (Fsp3) is 0.174. The number of carbonyl (C=O) groups is 1. The van der Waals surface area contributed by atoms with E-state index in [4.69, 9.17) is 0 Å². The molecule has 158 valence electrons. The van der Waals surface area contributed by atoms with Crippen molar-refractivity contribution < 1.29 is 4.79 Å². The Bertz CT molecular complexity index is 1540. The lowest BCUT2D eigenvalue weighted by atomic mass is 9.86. The summed E-state index contributed by atoms with van der Waals surface area (Å²) in [5, 5.41) is 16.1. The van der Waals surface area contributed by atoms with Gasteiger partial charge in [-0.25, -0.2) is 4.52 Å². The first kappa shape index (κ1) is 18.5. The van der Waals surface area contributed by atoms with E-state index in [1.165, 1.54) is 0 Å². The molecule has 2 N–H and O–H groups in total. The molecule has 32 heavy (non-hydrogen) atoms. The first-order valence-electron chi connectivity index (χ1n) is 10.3. The summed E-state index contributed by atoms with van der Waals surface area (Å²) in [7, 11) is 1.92. The van der Waals surface area contributed by atoms with E-state index in [-0.39, 0.29) is 5.91 Å². The largest absolute Gasteiger partial charge is 0.325 e. The number of aromatic nitrogens is 6. The molecule has 4 heterocycles. The smallest absolute Gasteiger partial charge is 0.247 e. The van der Waals surface area contributed by atoms with Gasteiger partial charge in [0.15, 0.2) is 5.65 Å². The highest BCUT2D eigenvalue weighted by atomic mass is 16.2. The van der Waals surface area contributed by atoms with Crippen LogP contribution in [0.4, 0.5) is 17.3 Å². The highest BCUT2D eigenvalue weighted by molar-refractivity contribution is 6.06. The van der Waals surface area contributed by atoms with Crippen LogP contribution in [-0.2, 0) is 17.3 Å². The Morgan fingerprint density at radius 1 is 1.12 bits per heavy atom. The van der Waals surface area contributed by atoms with Crippen molar-refractivity contribution in [2.75, 3.05) is 10.6 Å². The van der Waals surface area contributed by atoms with Crippen LogP contribution in [0.15, 0.2) is 55.0 Å². The summed E-state index contributed by atoms with van der Waals surface area (Å²) in [6.07, 6.45) is 5.32. The summed E-state index contributed by atoms with van der Waals surface area (Å²) in [6, 6.07) is 11.9. The van der Waals surface area contributed by atoms with Crippen LogP contribution in [0.2, 0.25) is 0 Å². The number of fused-ring (bicyclic) bond motifs is 3. The van der Waals surface area contributed by atoms with E-state index in [1.54, 1.807) is 16.9 Å². The number of hydrogen-bond acceptors (Lipinski definition) is 6. The monoisotopic (exact) mass is 424 g/mol. The second-order valence-corrected chi connectivity index (χ2v) is 8.49. The number of carbonyl (C=O) groups excluding carboxylic acids is 1. The molecule has 2 aromatic carbocycles. The Balaban J connectivity index is 1.37. The number of aryl methyl sites for hydroxylation is 1. The Kier molecular flexibility index (Phi) is 3.68. The minimum absolute atomic E-state index is 0.00296. The molecule has 0 bridgehead atoms. The van der Waals surface area contributed by atoms with Crippen LogP contribution in [0.25, 0.3) is 27.8 Å². The van der Waals surface area contributed by atoms with Crippen molar-refractivity contribution in [2.45, 2.75) is 19.3 Å². The summed E-state index contributed by atoms with van der Waals surface area (Å²) in [6.45, 7) is 3.84. The maximum atomic E-state index is 12.2. The predicted octanol–water partition coefficient (Wildman–Crippen LogP) is 3.65. The average molecular weight is 424 g/mol. The number of amides is 1. The Morgan fingerprint density at radius 3 is 2.88 bits per heavy atom. The van der Waals surface area contributed by atoms with Crippen molar-refractivity contribution in [3.8, 4) is 11.3 Å². The SMILES string of the molecule is Cn1ncc2cc(-c3nccn4nc(Nc5ccc6c(c5)NC(=O)C6(C)C)nc34)ccc21. The molecule has 9 heteroatoms. The number of rotatable bonds is 3. The molecule has 1 aliphatic rings. The number of nitrogens with zero attached hydrogens (tertiary/aromatic N) is 6. The molecule has 0 atom stereocenters. The zero-order valence-corrected chi connectivity index (χ0v) is 17.8. The summed E-state index contributed by atoms with van der Waals surface area (Å²) in [5.74, 6) is 0.446. The predicted molar refractivity (Wildman–Crippen MR) is 122 cm³/mol. The van der Waals surface area contributed by atoms with Gasteiger partial charge in [-0.3, -0.25) is 14.5 Å². The van der Waals surface area contributed by atoms with E-state index in [9.17, 15) is 4.79 Å². The zero-order valence-electron chi connectivity index (χ0n) is 17.8. The molecule has 1 aliphatic heterocycles. The maximum Gasteiger partial charge on any atom is 0.247 e. The van der Waals surface area contributed by atoms with Gasteiger partial charge in [-0.05, 0) is 43.7 Å². The number of hydrogen-bond donors (Lipinski definition) is 2. The molecule has 5 aromatic rings. The van der Waals surface area contributed by atoms with Crippen molar-refractivity contribution in [1.82, 2.24) is 29.4 Å². The minimum atomic E-state index is -0.537. The first-order valence-corrected chi connectivity index (χ1v) is 10.3. The van der Waals surface area contributed by atoms with E-state index >= 15 is 0 Å². The average Bonchev–Trinajstić information content (AvgIpc) is 3.41. The van der Waals surface area contributed by atoms with E-state index in [0.717, 1.165) is 39.1 Å². The molecule has 1 amide bonds. The lowest BCUT2D eigenvalue weighted by Gasteiger charge is -2.14. The molecule has 0 aliphatic carbocycles. The van der Waals surface area contributed by atoms with E-state index < -0.39 is 5.41 Å². The van der Waals surface area contributed by atoms with E-state index in [2.05, 4.69) is 36.9 Å². The van der Waals surface area contributed by atoms with Gasteiger partial charge in [0.25, 0.3) is 0 Å². The molecular weight excluding hydrogens is 404 g/mol. The highest BCUT2D eigenvalue weighted by Gasteiger charge is 2.38. The third kappa shape index (κ3) is 2.67. The first-order chi connectivity index (χ1) is 15.4. The number of nitrogens with one attached hydrogen (secondary N) is 2. The van der Waals surface area contributed by atoms with Crippen molar-refractivity contribution in [3.05, 3.63) is 60.6 Å². The molecule has 3 aromatic heterocycles. The van der Waals surface area contributed by atoms with Crippen LogP contribution in [0, 0.1) is 0 Å². The van der Waals surface area contributed by atoms with Crippen molar-refractivity contribution in [2.24, 2.45) is 7.05 Å². The molecule has 0 radical (unpaired) electrons. The molecule has 0 saturated heterocycles. The van der Waals surface area contributed by atoms with E-state index in [0.29, 0.717) is 11.6 Å². The molecule has 9 nitrogen and oxygen atoms in total. The Hall–Kier alpha value is -4.27. The molecule has 6 rings (SSSR count). The molecule has 0 unspecified atom stereocenters. The molecule has 0 saturated carbocycles. The van der Waals surface area contributed by atoms with Gasteiger partial charge in [0.05, 0.1) is 17.1 Å². The van der Waals surface area contributed by atoms with Crippen LogP contribution >= 0.6 is 0 Å². The second-order valence-electron chi connectivity index (χ2n) is 8.49. The lowest BCUT2D eigenvalue weighted by molar-refractivity contribution is -0.119. The summed E-state index contributed by atoms with van der Waals surface area (Å²) in [5.41, 5.74) is 5.42. The molecular formula is C23H20N8O. The van der Waals surface area contributed by atoms with Crippen LogP contribution in [0.5, 0.6) is 0 Å². The minimum Gasteiger partial charge on any atom is -0.325 e. The van der Waals surface area contributed by atoms with Gasteiger partial charge >= 0.3 is 0 Å². The summed E-state index contributed by atoms with van der Waals surface area (Å²) in [4.78, 5) is 21.5. The molecule has 0 fully saturated rings. The van der Waals surface area contributed by atoms with Crippen LogP contribution < -0.4 is 10.6 Å². The van der Waals surface area contributed by atoms with Crippen LogP contribution in [0.3, 0.4) is 0 Å². The highest BCUT2D eigenvalue weighted by Crippen LogP contribution is 2.39. The fourth-order valence-corrected chi connectivity index (χ4v) is 4.19. The van der Waals surface area contributed by atoms with Gasteiger partial charge in [0.1, 0.15) is 5.69 Å². The standard InChI is InChI=1S/C23H20N8O/c1-23(2)16-6-5-15(11-17(16)27-21(23)32)26-22-28-20-19(24-8-9-31(20)29-22)13-4-7-18-14(10-13)12-25-30(18)3/h4-12H,1-3H3,(H,26,29)(H,27,32). The van der Waals surface area contributed by atoms with Gasteiger partial charge in [-0.15, -0.1) is 5.10 Å². The topological polar surface area (TPSA) is 102 Å². The van der Waals surface area contributed by atoms with Crippen LogP contribution in [0.1, 0.15) is 19.4 Å². The van der Waals surface area contributed by atoms with Crippen molar-refractivity contribution in [3.63, 3.8) is 0 Å². The van der Waals surface area contributed by atoms with Gasteiger partial charge in [-0.2, -0.15) is 10.1 Å². The van der Waals surface area contributed by atoms with E-state index in [1.807, 2.05) is 62.1 Å². The summed E-state index contributed by atoms with van der Waals surface area (Å²) < 4.78 is 3.54. The van der Waals surface area contributed by atoms with Gasteiger partial charge in [-0.1, -0.05) is 12.1 Å². The maximum absolute atomic E-state index is 12.2. The fourth-order valence-electron chi connectivity index (χ4n) is 4.19. The zero-order chi connectivity index (χ0) is 22.0. The Labute approximate surface area is 183 Å². The number of anilines is 3. The van der Waals surface area contributed by atoms with Crippen LogP contribution in [-0.4, -0.2) is 35.3 Å². The second kappa shape index (κ2) is 6.36. The Morgan fingerprint density at radius 2 is 2.00 bits per heavy atom. The van der Waals surface area contributed by atoms with Gasteiger partial charge in [0, 0.05) is 41.8 Å². The van der Waals surface area contributed by atoms with Crippen molar-refractivity contribution in [1.29, 1.82) is 0 Å². The third-order valence-electron chi connectivity index (χ3n) is 6.04.